The summed E-state index contributed by atoms with van der Waals surface area (Å²) >= 11 is 0. The second kappa shape index (κ2) is 6.03. The van der Waals surface area contributed by atoms with Crippen LogP contribution in [0.25, 0.3) is 0 Å². The molecule has 1 aromatic carbocycles. The molecule has 0 aliphatic rings. The van der Waals surface area contributed by atoms with Crippen molar-refractivity contribution in [3.63, 3.8) is 0 Å². The highest BCUT2D eigenvalue weighted by molar-refractivity contribution is 7.90. The number of carbonyl (C=O) groups is 1. The van der Waals surface area contributed by atoms with Gasteiger partial charge in [-0.3, -0.25) is 4.79 Å². The van der Waals surface area contributed by atoms with E-state index in [0.29, 0.717) is 5.56 Å². The maximum Gasteiger partial charge on any atom is 0.264 e. The molecule has 0 atom stereocenters. The Bertz CT molecular complexity index is 627. The van der Waals surface area contributed by atoms with Crippen molar-refractivity contribution in [2.24, 2.45) is 5.41 Å². The van der Waals surface area contributed by atoms with E-state index in [9.17, 15) is 13.2 Å². The molecule has 6 nitrogen and oxygen atoms in total. The number of hydrogen-bond acceptors (Lipinski definition) is 5. The molecule has 0 radical (unpaired) electrons. The lowest BCUT2D eigenvalue weighted by molar-refractivity contribution is -0.130. The van der Waals surface area contributed by atoms with E-state index in [1.165, 1.54) is 31.4 Å². The minimum absolute atomic E-state index is 0.0712. The molecule has 20 heavy (non-hydrogen) atoms. The molecule has 1 amide bonds. The molecule has 0 aromatic heterocycles. The van der Waals surface area contributed by atoms with E-state index in [0.717, 1.165) is 0 Å². The monoisotopic (exact) mass is 296 g/mol. The van der Waals surface area contributed by atoms with Crippen LogP contribution >= 0.6 is 0 Å². The van der Waals surface area contributed by atoms with Crippen molar-refractivity contribution in [3.05, 3.63) is 29.8 Å². The molecule has 0 unspecified atom stereocenters. The fourth-order valence-corrected chi connectivity index (χ4v) is 2.59. The zero-order valence-corrected chi connectivity index (χ0v) is 12.3. The minimum Gasteiger partial charge on any atom is -0.384 e. The van der Waals surface area contributed by atoms with Gasteiger partial charge in [0.1, 0.15) is 0 Å². The molecular formula is C13H16N2O4S. The second-order valence-corrected chi connectivity index (χ2v) is 6.57. The number of sulfonamides is 1. The third kappa shape index (κ3) is 3.79. The second-order valence-electron chi connectivity index (χ2n) is 4.89. The third-order valence-electron chi connectivity index (χ3n) is 2.64. The van der Waals surface area contributed by atoms with Crippen LogP contribution in [-0.4, -0.2) is 28.0 Å². The van der Waals surface area contributed by atoms with Gasteiger partial charge in [0.05, 0.1) is 28.6 Å². The maximum atomic E-state index is 12.0. The molecule has 7 heteroatoms. The zero-order valence-electron chi connectivity index (χ0n) is 11.5. The molecule has 0 aliphatic heterocycles. The Kier molecular flexibility index (Phi) is 4.87. The van der Waals surface area contributed by atoms with Crippen LogP contribution in [0.15, 0.2) is 29.2 Å². The molecule has 0 heterocycles. The standard InChI is InChI=1S/C13H16N2O4S/c1-13(2,9-19-3)12(16)15-20(17,18)11-6-4-10(8-14)5-7-11/h4-7H,9H2,1-3H3,(H,15,16). The zero-order chi connectivity index (χ0) is 15.4. The van der Waals surface area contributed by atoms with Gasteiger partial charge in [0, 0.05) is 7.11 Å². The molecule has 108 valence electrons. The Balaban J connectivity index is 2.95. The Hall–Kier alpha value is -1.91. The van der Waals surface area contributed by atoms with Gasteiger partial charge in [-0.05, 0) is 38.1 Å². The molecule has 0 saturated carbocycles. The average molecular weight is 296 g/mol. The molecule has 1 rings (SSSR count). The largest absolute Gasteiger partial charge is 0.384 e. The Labute approximate surface area is 118 Å². The van der Waals surface area contributed by atoms with Crippen LogP contribution in [0.5, 0.6) is 0 Å². The number of hydrogen-bond donors (Lipinski definition) is 1. The van der Waals surface area contributed by atoms with Crippen molar-refractivity contribution in [1.29, 1.82) is 5.26 Å². The number of nitriles is 1. The minimum atomic E-state index is -3.95. The summed E-state index contributed by atoms with van der Waals surface area (Å²) in [6.07, 6.45) is 0. The third-order valence-corrected chi connectivity index (χ3v) is 3.99. The van der Waals surface area contributed by atoms with Gasteiger partial charge in [-0.1, -0.05) is 0 Å². The predicted molar refractivity (Wildman–Crippen MR) is 72.1 cm³/mol. The summed E-state index contributed by atoms with van der Waals surface area (Å²) < 4.78 is 31.0. The summed E-state index contributed by atoms with van der Waals surface area (Å²) in [5, 5.41) is 8.66. The SMILES string of the molecule is COCC(C)(C)C(=O)NS(=O)(=O)c1ccc(C#N)cc1. The van der Waals surface area contributed by atoms with E-state index in [-0.39, 0.29) is 11.5 Å². The first-order valence-electron chi connectivity index (χ1n) is 5.79. The van der Waals surface area contributed by atoms with Gasteiger partial charge in [-0.15, -0.1) is 0 Å². The van der Waals surface area contributed by atoms with Gasteiger partial charge in [0.2, 0.25) is 5.91 Å². The van der Waals surface area contributed by atoms with Crippen molar-refractivity contribution >= 4 is 15.9 Å². The van der Waals surface area contributed by atoms with Gasteiger partial charge in [0.25, 0.3) is 10.0 Å². The lowest BCUT2D eigenvalue weighted by atomic mass is 9.94. The average Bonchev–Trinajstić information content (AvgIpc) is 2.38. The fourth-order valence-electron chi connectivity index (χ4n) is 1.45. The smallest absolute Gasteiger partial charge is 0.264 e. The number of ether oxygens (including phenoxy) is 1. The maximum absolute atomic E-state index is 12.0. The van der Waals surface area contributed by atoms with Crippen molar-refractivity contribution in [1.82, 2.24) is 4.72 Å². The number of nitrogens with one attached hydrogen (secondary N) is 1. The van der Waals surface area contributed by atoms with Gasteiger partial charge in [-0.2, -0.15) is 5.26 Å². The van der Waals surface area contributed by atoms with E-state index in [1.807, 2.05) is 10.8 Å². The van der Waals surface area contributed by atoms with Crippen LogP contribution < -0.4 is 4.72 Å². The summed E-state index contributed by atoms with van der Waals surface area (Å²) in [6.45, 7) is 3.27. The summed E-state index contributed by atoms with van der Waals surface area (Å²) in [4.78, 5) is 11.9. The predicted octanol–water partition coefficient (Wildman–Crippen LogP) is 1.04. The Morgan fingerprint density at radius 1 is 1.35 bits per heavy atom. The number of methoxy groups -OCH3 is 1. The fraction of sp³-hybridized carbons (Fsp3) is 0.385. The van der Waals surface area contributed by atoms with Crippen LogP contribution in [0.2, 0.25) is 0 Å². The highest BCUT2D eigenvalue weighted by Gasteiger charge is 2.31. The van der Waals surface area contributed by atoms with E-state index in [4.69, 9.17) is 10.00 Å². The van der Waals surface area contributed by atoms with Crippen LogP contribution in [0, 0.1) is 16.7 Å². The highest BCUT2D eigenvalue weighted by atomic mass is 32.2. The number of nitrogens with zero attached hydrogens (tertiary/aromatic N) is 1. The summed E-state index contributed by atoms with van der Waals surface area (Å²) in [5.74, 6) is -0.649. The van der Waals surface area contributed by atoms with Crippen molar-refractivity contribution in [2.45, 2.75) is 18.7 Å². The van der Waals surface area contributed by atoms with E-state index >= 15 is 0 Å². The normalized spacial score (nSPS) is 11.7. The summed E-state index contributed by atoms with van der Waals surface area (Å²) in [5.41, 5.74) is -0.621. The van der Waals surface area contributed by atoms with Gasteiger partial charge < -0.3 is 4.74 Å². The summed E-state index contributed by atoms with van der Waals surface area (Å²) in [7, 11) is -2.52. The number of amides is 1. The Morgan fingerprint density at radius 3 is 2.35 bits per heavy atom. The van der Waals surface area contributed by atoms with Crippen LogP contribution in [-0.2, 0) is 19.6 Å². The number of benzene rings is 1. The molecular weight excluding hydrogens is 280 g/mol. The number of rotatable bonds is 5. The van der Waals surface area contributed by atoms with Gasteiger partial charge >= 0.3 is 0 Å². The molecule has 0 saturated heterocycles. The first kappa shape index (κ1) is 16.1. The van der Waals surface area contributed by atoms with Crippen LogP contribution in [0.4, 0.5) is 0 Å². The van der Waals surface area contributed by atoms with Crippen LogP contribution in [0.3, 0.4) is 0 Å². The summed E-state index contributed by atoms with van der Waals surface area (Å²) in [6, 6.07) is 7.19. The quantitative estimate of drug-likeness (QED) is 0.875. The molecule has 0 aliphatic carbocycles. The van der Waals surface area contributed by atoms with Crippen molar-refractivity contribution < 1.29 is 17.9 Å². The van der Waals surface area contributed by atoms with Crippen molar-refractivity contribution in [2.75, 3.05) is 13.7 Å². The topological polar surface area (TPSA) is 96.3 Å². The highest BCUT2D eigenvalue weighted by Crippen LogP contribution is 2.17. The van der Waals surface area contributed by atoms with Crippen molar-refractivity contribution in [3.8, 4) is 6.07 Å². The lowest BCUT2D eigenvalue weighted by Crippen LogP contribution is -2.42. The van der Waals surface area contributed by atoms with E-state index in [2.05, 4.69) is 0 Å². The molecule has 0 spiro atoms. The van der Waals surface area contributed by atoms with Gasteiger partial charge in [-0.25, -0.2) is 13.1 Å². The van der Waals surface area contributed by atoms with E-state index < -0.39 is 21.3 Å². The first-order chi connectivity index (χ1) is 9.23. The lowest BCUT2D eigenvalue weighted by Gasteiger charge is -2.22. The molecule has 0 fully saturated rings. The first-order valence-corrected chi connectivity index (χ1v) is 7.27. The molecule has 0 bridgehead atoms. The molecule has 1 aromatic rings. The van der Waals surface area contributed by atoms with Crippen LogP contribution in [0.1, 0.15) is 19.4 Å². The molecule has 1 N–H and O–H groups in total. The number of carbonyl (C=O) groups excluding carboxylic acids is 1. The Morgan fingerprint density at radius 2 is 1.90 bits per heavy atom. The van der Waals surface area contributed by atoms with Gasteiger partial charge in [0.15, 0.2) is 0 Å². The van der Waals surface area contributed by atoms with E-state index in [1.54, 1.807) is 13.8 Å².